The maximum absolute atomic E-state index is 14.7. The van der Waals surface area contributed by atoms with Gasteiger partial charge in [0.1, 0.15) is 5.82 Å². The molecule has 62 heavy (non-hydrogen) atoms. The topological polar surface area (TPSA) is 116 Å². The van der Waals surface area contributed by atoms with Crippen molar-refractivity contribution >= 4 is 46.0 Å². The minimum atomic E-state index is -2.50. The highest BCUT2D eigenvalue weighted by Crippen LogP contribution is 2.44. The minimum absolute atomic E-state index is 0.00226. The molecule has 0 spiro atoms. The summed E-state index contributed by atoms with van der Waals surface area (Å²) in [7, 11) is -4.97. The summed E-state index contributed by atoms with van der Waals surface area (Å²) in [5.41, 5.74) is 5.13. The fourth-order valence-electron chi connectivity index (χ4n) is 7.34. The number of halogens is 1. The van der Waals surface area contributed by atoms with E-state index in [9.17, 15) is 23.6 Å². The van der Waals surface area contributed by atoms with Crippen molar-refractivity contribution in [3.63, 3.8) is 0 Å². The predicted octanol–water partition coefficient (Wildman–Crippen LogP) is 11.9. The van der Waals surface area contributed by atoms with E-state index in [1.54, 1.807) is 12.1 Å². The Kier molecular flexibility index (Phi) is 15.1. The fourth-order valence-corrected chi connectivity index (χ4v) is 10.1. The first-order valence-corrected chi connectivity index (χ1v) is 27.6. The van der Waals surface area contributed by atoms with E-state index in [1.807, 2.05) is 60.7 Å². The van der Waals surface area contributed by atoms with Crippen molar-refractivity contribution in [2.45, 2.75) is 148 Å². The van der Waals surface area contributed by atoms with Crippen molar-refractivity contribution in [1.29, 1.82) is 0 Å². The number of para-hydroxylation sites is 1. The number of benzene rings is 3. The third kappa shape index (κ3) is 11.5. The zero-order chi connectivity index (χ0) is 45.8. The average molecular weight is 884 g/mol. The van der Waals surface area contributed by atoms with Crippen LogP contribution < -0.4 is 5.32 Å². The molecule has 5 rings (SSSR count). The third-order valence-electron chi connectivity index (χ3n) is 12.6. The van der Waals surface area contributed by atoms with Crippen LogP contribution in [0.15, 0.2) is 84.9 Å². The Hall–Kier alpha value is -4.70. The van der Waals surface area contributed by atoms with Gasteiger partial charge in [0.25, 0.3) is 17.7 Å². The van der Waals surface area contributed by atoms with Crippen molar-refractivity contribution in [2.75, 3.05) is 5.32 Å². The van der Waals surface area contributed by atoms with E-state index in [4.69, 9.17) is 13.7 Å². The van der Waals surface area contributed by atoms with E-state index in [0.717, 1.165) is 28.1 Å². The molecule has 4 aromatic rings. The molecule has 13 heteroatoms. The van der Waals surface area contributed by atoms with Crippen LogP contribution in [0.1, 0.15) is 109 Å². The Morgan fingerprint density at radius 2 is 1.26 bits per heavy atom. The van der Waals surface area contributed by atoms with Crippen LogP contribution in [0, 0.1) is 5.82 Å². The third-order valence-corrected chi connectivity index (χ3v) is 21.7. The largest absolute Gasteiger partial charge is 0.414 e. The van der Waals surface area contributed by atoms with Gasteiger partial charge in [-0.2, -0.15) is 0 Å². The lowest BCUT2D eigenvalue weighted by molar-refractivity contribution is -0.198. The molecule has 1 fully saturated rings. The lowest BCUT2D eigenvalue weighted by atomic mass is 9.94. The molecule has 3 aromatic carbocycles. The summed E-state index contributed by atoms with van der Waals surface area (Å²) in [6.45, 7) is 26.1. The van der Waals surface area contributed by atoms with Gasteiger partial charge in [0.15, 0.2) is 16.6 Å². The number of aromatic nitrogens is 1. The molecular formula is C49H66FN3O7Si2. The van der Waals surface area contributed by atoms with Gasteiger partial charge >= 0.3 is 5.97 Å². The predicted molar refractivity (Wildman–Crippen MR) is 249 cm³/mol. The number of hydrogen-bond donors (Lipinski definition) is 1. The van der Waals surface area contributed by atoms with Gasteiger partial charge in [-0.3, -0.25) is 14.4 Å². The highest BCUT2D eigenvalue weighted by Gasteiger charge is 2.44. The standard InChI is InChI=1S/C49H66FN3O7Si2/c1-33(2)45-44(47(57)51-37-21-17-14-18-22-37)43(34-19-15-13-16-20-34)46(35-23-25-36(50)26-24-35)52(45)30-29-38(59-61(9,10)48(3,4)5)31-39(60-62(11,12)49(6,7)8)32-42(56)58-53-40(54)27-28-41(53)55/h13-26,33,38-39H,27-32H2,1-12H3,(H,51,57)/t38-,39-/m1/s1. The van der Waals surface area contributed by atoms with Crippen molar-refractivity contribution in [3.8, 4) is 22.4 Å². The zero-order valence-electron chi connectivity index (χ0n) is 38.7. The second-order valence-electron chi connectivity index (χ2n) is 19.8. The maximum Gasteiger partial charge on any atom is 0.335 e. The summed E-state index contributed by atoms with van der Waals surface area (Å²) >= 11 is 0. The molecule has 1 saturated heterocycles. The fraction of sp³-hybridized carbons (Fsp3) is 0.469. The number of nitrogens with one attached hydrogen (secondary N) is 1. The lowest BCUT2D eigenvalue weighted by Crippen LogP contribution is -2.48. The van der Waals surface area contributed by atoms with E-state index in [2.05, 4.69) is 91.5 Å². The van der Waals surface area contributed by atoms with Gasteiger partial charge in [0.05, 0.1) is 23.8 Å². The van der Waals surface area contributed by atoms with E-state index < -0.39 is 46.6 Å². The van der Waals surface area contributed by atoms with Gasteiger partial charge in [0, 0.05) is 42.4 Å². The van der Waals surface area contributed by atoms with Crippen molar-refractivity contribution in [1.82, 2.24) is 9.63 Å². The number of rotatable bonds is 17. The van der Waals surface area contributed by atoms with Crippen LogP contribution in [0.5, 0.6) is 0 Å². The lowest BCUT2D eigenvalue weighted by Gasteiger charge is -2.42. The van der Waals surface area contributed by atoms with Crippen molar-refractivity contribution in [3.05, 3.63) is 102 Å². The first-order valence-electron chi connectivity index (χ1n) is 21.8. The molecule has 1 aromatic heterocycles. The Morgan fingerprint density at radius 3 is 1.77 bits per heavy atom. The SMILES string of the molecule is CC(C)c1c(C(=O)Nc2ccccc2)c(-c2ccccc2)c(-c2ccc(F)cc2)n1CC[C@H](C[C@H](CC(=O)ON1C(=O)CCC1=O)O[Si](C)(C)C(C)(C)C)O[Si](C)(C)C(C)(C)C. The van der Waals surface area contributed by atoms with Crippen LogP contribution in [0.2, 0.25) is 36.3 Å². The molecule has 1 aliphatic heterocycles. The number of imide groups is 1. The number of hydrogen-bond acceptors (Lipinski definition) is 7. The Balaban J connectivity index is 1.66. The summed E-state index contributed by atoms with van der Waals surface area (Å²) in [6, 6.07) is 25.6. The average Bonchev–Trinajstić information content (AvgIpc) is 3.69. The van der Waals surface area contributed by atoms with Crippen LogP contribution in [-0.2, 0) is 34.6 Å². The number of nitrogens with zero attached hydrogens (tertiary/aromatic N) is 2. The molecule has 10 nitrogen and oxygen atoms in total. The summed E-state index contributed by atoms with van der Waals surface area (Å²) in [5.74, 6) is -2.56. The van der Waals surface area contributed by atoms with E-state index in [1.165, 1.54) is 12.1 Å². The number of carbonyl (C=O) groups is 4. The molecule has 3 amide bonds. The van der Waals surface area contributed by atoms with E-state index in [-0.39, 0.29) is 47.0 Å². The Morgan fingerprint density at radius 1 is 0.742 bits per heavy atom. The van der Waals surface area contributed by atoms with Crippen LogP contribution in [0.3, 0.4) is 0 Å². The first-order chi connectivity index (χ1) is 28.9. The molecule has 2 atom stereocenters. The van der Waals surface area contributed by atoms with Gasteiger partial charge in [-0.15, -0.1) is 5.06 Å². The van der Waals surface area contributed by atoms with Crippen molar-refractivity contribution in [2.24, 2.45) is 0 Å². The van der Waals surface area contributed by atoms with Gasteiger partial charge < -0.3 is 23.6 Å². The molecule has 0 radical (unpaired) electrons. The number of anilines is 1. The molecule has 1 N–H and O–H groups in total. The summed E-state index contributed by atoms with van der Waals surface area (Å²) in [5, 5.41) is 3.38. The Bertz CT molecular complexity index is 2190. The van der Waals surface area contributed by atoms with Crippen molar-refractivity contribution < 1.29 is 37.3 Å². The number of amides is 3. The molecule has 0 bridgehead atoms. The second kappa shape index (κ2) is 19.4. The monoisotopic (exact) mass is 883 g/mol. The number of carbonyl (C=O) groups excluding carboxylic acids is 4. The number of hydroxylamine groups is 2. The molecule has 334 valence electrons. The molecule has 0 aliphatic carbocycles. The molecular weight excluding hydrogens is 818 g/mol. The van der Waals surface area contributed by atoms with Crippen LogP contribution in [0.4, 0.5) is 10.1 Å². The van der Waals surface area contributed by atoms with E-state index >= 15 is 0 Å². The van der Waals surface area contributed by atoms with E-state index in [0.29, 0.717) is 35.7 Å². The smallest absolute Gasteiger partial charge is 0.335 e. The minimum Gasteiger partial charge on any atom is -0.414 e. The van der Waals surface area contributed by atoms with Crippen LogP contribution in [0.25, 0.3) is 22.4 Å². The zero-order valence-corrected chi connectivity index (χ0v) is 40.7. The van der Waals surface area contributed by atoms with Gasteiger partial charge in [-0.25, -0.2) is 9.18 Å². The first kappa shape index (κ1) is 48.3. The highest BCUT2D eigenvalue weighted by atomic mass is 28.4. The normalized spacial score (nSPS) is 15.0. The quantitative estimate of drug-likeness (QED) is 0.0829. The maximum atomic E-state index is 14.7. The Labute approximate surface area is 369 Å². The summed E-state index contributed by atoms with van der Waals surface area (Å²) in [4.78, 5) is 58.6. The van der Waals surface area contributed by atoms with Crippen LogP contribution in [-0.4, -0.2) is 62.2 Å². The van der Waals surface area contributed by atoms with Gasteiger partial charge in [0.2, 0.25) is 0 Å². The van der Waals surface area contributed by atoms with Gasteiger partial charge in [-0.05, 0) is 103 Å². The molecule has 1 aliphatic rings. The molecule has 0 saturated carbocycles. The molecule has 0 unspecified atom stereocenters. The summed E-state index contributed by atoms with van der Waals surface area (Å²) in [6.07, 6.45) is -0.492. The van der Waals surface area contributed by atoms with Crippen LogP contribution >= 0.6 is 0 Å². The molecule has 2 heterocycles. The van der Waals surface area contributed by atoms with Gasteiger partial charge in [-0.1, -0.05) is 104 Å². The highest BCUT2D eigenvalue weighted by molar-refractivity contribution is 6.74. The second-order valence-corrected chi connectivity index (χ2v) is 29.3. The summed E-state index contributed by atoms with van der Waals surface area (Å²) < 4.78 is 31.1.